The molecule has 2 heterocycles. The SMILES string of the molecule is COC(=O)c1ccc(-c2ccc(C)s2)o1. The Hall–Kier alpha value is -1.55. The van der Waals surface area contributed by atoms with Crippen LogP contribution in [0.3, 0.4) is 0 Å². The summed E-state index contributed by atoms with van der Waals surface area (Å²) in [6, 6.07) is 7.38. The minimum absolute atomic E-state index is 0.235. The van der Waals surface area contributed by atoms with Gasteiger partial charge >= 0.3 is 5.97 Å². The second-order valence-corrected chi connectivity index (χ2v) is 4.35. The van der Waals surface area contributed by atoms with Crippen LogP contribution in [-0.4, -0.2) is 13.1 Å². The Morgan fingerprint density at radius 3 is 2.73 bits per heavy atom. The average Bonchev–Trinajstić information content (AvgIpc) is 2.84. The summed E-state index contributed by atoms with van der Waals surface area (Å²) in [7, 11) is 1.33. The predicted molar refractivity (Wildman–Crippen MR) is 58.1 cm³/mol. The van der Waals surface area contributed by atoms with Gasteiger partial charge in [-0.1, -0.05) is 0 Å². The minimum Gasteiger partial charge on any atom is -0.463 e. The lowest BCUT2D eigenvalue weighted by atomic mass is 10.3. The van der Waals surface area contributed by atoms with Gasteiger partial charge in [-0.2, -0.15) is 0 Å². The van der Waals surface area contributed by atoms with Gasteiger partial charge in [0.25, 0.3) is 0 Å². The molecule has 0 radical (unpaired) electrons. The molecule has 0 spiro atoms. The van der Waals surface area contributed by atoms with Gasteiger partial charge in [0.2, 0.25) is 5.76 Å². The third kappa shape index (κ3) is 1.94. The molecule has 0 aliphatic carbocycles. The number of carbonyl (C=O) groups is 1. The van der Waals surface area contributed by atoms with E-state index in [1.807, 2.05) is 19.1 Å². The molecule has 2 aromatic rings. The second-order valence-electron chi connectivity index (χ2n) is 3.07. The predicted octanol–water partition coefficient (Wildman–Crippen LogP) is 3.10. The maximum atomic E-state index is 11.2. The van der Waals surface area contributed by atoms with E-state index >= 15 is 0 Å². The van der Waals surface area contributed by atoms with E-state index in [0.29, 0.717) is 5.76 Å². The molecule has 0 N–H and O–H groups in total. The van der Waals surface area contributed by atoms with E-state index < -0.39 is 5.97 Å². The summed E-state index contributed by atoms with van der Waals surface area (Å²) in [5.74, 6) is 0.488. The zero-order chi connectivity index (χ0) is 10.8. The summed E-state index contributed by atoms with van der Waals surface area (Å²) in [4.78, 5) is 13.4. The molecule has 2 aromatic heterocycles. The summed E-state index contributed by atoms with van der Waals surface area (Å²) >= 11 is 1.63. The summed E-state index contributed by atoms with van der Waals surface area (Å²) in [5, 5.41) is 0. The molecule has 0 aromatic carbocycles. The third-order valence-electron chi connectivity index (χ3n) is 1.98. The summed E-state index contributed by atoms with van der Waals surface area (Å²) < 4.78 is 9.93. The van der Waals surface area contributed by atoms with Gasteiger partial charge in [-0.05, 0) is 31.2 Å². The lowest BCUT2D eigenvalue weighted by molar-refractivity contribution is 0.0566. The van der Waals surface area contributed by atoms with Crippen molar-refractivity contribution in [2.24, 2.45) is 0 Å². The molecule has 0 amide bonds. The number of methoxy groups -OCH3 is 1. The first-order chi connectivity index (χ1) is 7.20. The number of thiophene rings is 1. The monoisotopic (exact) mass is 222 g/mol. The van der Waals surface area contributed by atoms with Crippen molar-refractivity contribution in [2.75, 3.05) is 7.11 Å². The van der Waals surface area contributed by atoms with E-state index in [0.717, 1.165) is 4.88 Å². The van der Waals surface area contributed by atoms with Crippen LogP contribution in [0.4, 0.5) is 0 Å². The number of hydrogen-bond donors (Lipinski definition) is 0. The molecule has 0 aliphatic rings. The van der Waals surface area contributed by atoms with Gasteiger partial charge in [0, 0.05) is 4.88 Å². The van der Waals surface area contributed by atoms with Gasteiger partial charge in [-0.3, -0.25) is 0 Å². The van der Waals surface area contributed by atoms with E-state index in [2.05, 4.69) is 4.74 Å². The van der Waals surface area contributed by atoms with Crippen LogP contribution in [0, 0.1) is 6.92 Å². The highest BCUT2D eigenvalue weighted by Gasteiger charge is 2.12. The Kier molecular flexibility index (Phi) is 2.60. The highest BCUT2D eigenvalue weighted by Crippen LogP contribution is 2.29. The van der Waals surface area contributed by atoms with Gasteiger partial charge in [0.1, 0.15) is 5.76 Å². The summed E-state index contributed by atoms with van der Waals surface area (Å²) in [6.45, 7) is 2.03. The molecule has 0 aliphatic heterocycles. The van der Waals surface area contributed by atoms with Crippen LogP contribution in [0.5, 0.6) is 0 Å². The second kappa shape index (κ2) is 3.90. The average molecular weight is 222 g/mol. The van der Waals surface area contributed by atoms with Gasteiger partial charge in [0.15, 0.2) is 0 Å². The third-order valence-corrected chi connectivity index (χ3v) is 2.99. The van der Waals surface area contributed by atoms with Crippen molar-refractivity contribution in [1.29, 1.82) is 0 Å². The Morgan fingerprint density at radius 1 is 1.33 bits per heavy atom. The van der Waals surface area contributed by atoms with Gasteiger partial charge in [-0.25, -0.2) is 4.79 Å². The van der Waals surface area contributed by atoms with Crippen LogP contribution in [0.15, 0.2) is 28.7 Å². The Balaban J connectivity index is 2.31. The van der Waals surface area contributed by atoms with Crippen LogP contribution in [0.25, 0.3) is 10.6 Å². The van der Waals surface area contributed by atoms with Crippen LogP contribution in [0.2, 0.25) is 0 Å². The lowest BCUT2D eigenvalue weighted by Gasteiger charge is -1.93. The number of carbonyl (C=O) groups excluding carboxylic acids is 1. The number of esters is 1. The zero-order valence-corrected chi connectivity index (χ0v) is 9.26. The van der Waals surface area contributed by atoms with E-state index in [-0.39, 0.29) is 5.76 Å². The molecule has 0 bridgehead atoms. The van der Waals surface area contributed by atoms with Crippen molar-refractivity contribution >= 4 is 17.3 Å². The highest BCUT2D eigenvalue weighted by atomic mass is 32.1. The molecular formula is C11H10O3S. The Morgan fingerprint density at radius 2 is 2.13 bits per heavy atom. The van der Waals surface area contributed by atoms with Crippen LogP contribution in [0.1, 0.15) is 15.4 Å². The van der Waals surface area contributed by atoms with Crippen molar-refractivity contribution in [3.63, 3.8) is 0 Å². The standard InChI is InChI=1S/C11H10O3S/c1-7-3-6-10(15-7)8-4-5-9(14-8)11(12)13-2/h3-6H,1-2H3. The van der Waals surface area contributed by atoms with Crippen molar-refractivity contribution in [2.45, 2.75) is 6.92 Å². The van der Waals surface area contributed by atoms with Crippen molar-refractivity contribution in [3.8, 4) is 10.6 Å². The number of aryl methyl sites for hydroxylation is 1. The van der Waals surface area contributed by atoms with Gasteiger partial charge in [-0.15, -0.1) is 11.3 Å². The number of hydrogen-bond acceptors (Lipinski definition) is 4. The number of rotatable bonds is 2. The fraction of sp³-hybridized carbons (Fsp3) is 0.182. The summed E-state index contributed by atoms with van der Waals surface area (Å²) in [6.07, 6.45) is 0. The normalized spacial score (nSPS) is 10.3. The Labute approximate surface area is 91.3 Å². The van der Waals surface area contributed by atoms with Crippen molar-refractivity contribution < 1.29 is 13.9 Å². The van der Waals surface area contributed by atoms with E-state index in [1.165, 1.54) is 12.0 Å². The number of furan rings is 1. The smallest absolute Gasteiger partial charge is 0.373 e. The van der Waals surface area contributed by atoms with Crippen molar-refractivity contribution in [1.82, 2.24) is 0 Å². The largest absolute Gasteiger partial charge is 0.463 e. The van der Waals surface area contributed by atoms with E-state index in [4.69, 9.17) is 4.42 Å². The fourth-order valence-electron chi connectivity index (χ4n) is 1.25. The molecule has 78 valence electrons. The van der Waals surface area contributed by atoms with Crippen LogP contribution < -0.4 is 0 Å². The summed E-state index contributed by atoms with van der Waals surface area (Å²) in [5.41, 5.74) is 0. The quantitative estimate of drug-likeness (QED) is 0.733. The number of ether oxygens (including phenoxy) is 1. The van der Waals surface area contributed by atoms with Crippen LogP contribution in [-0.2, 0) is 4.74 Å². The molecule has 0 atom stereocenters. The van der Waals surface area contributed by atoms with Crippen molar-refractivity contribution in [3.05, 3.63) is 34.9 Å². The first-order valence-corrected chi connectivity index (χ1v) is 5.27. The van der Waals surface area contributed by atoms with Gasteiger partial charge in [0.05, 0.1) is 12.0 Å². The first kappa shape index (κ1) is 9.98. The fourth-order valence-corrected chi connectivity index (χ4v) is 2.08. The molecule has 15 heavy (non-hydrogen) atoms. The molecule has 2 rings (SSSR count). The van der Waals surface area contributed by atoms with Gasteiger partial charge < -0.3 is 9.15 Å². The maximum Gasteiger partial charge on any atom is 0.373 e. The lowest BCUT2D eigenvalue weighted by Crippen LogP contribution is -1.97. The van der Waals surface area contributed by atoms with Crippen LogP contribution >= 0.6 is 11.3 Å². The molecule has 0 saturated carbocycles. The molecule has 4 heteroatoms. The minimum atomic E-state index is -0.450. The highest BCUT2D eigenvalue weighted by molar-refractivity contribution is 7.15. The first-order valence-electron chi connectivity index (χ1n) is 4.45. The molecule has 3 nitrogen and oxygen atoms in total. The molecule has 0 saturated heterocycles. The topological polar surface area (TPSA) is 39.4 Å². The molecule has 0 unspecified atom stereocenters. The Bertz CT molecular complexity index is 481. The maximum absolute atomic E-state index is 11.2. The van der Waals surface area contributed by atoms with E-state index in [9.17, 15) is 4.79 Å². The molecule has 0 fully saturated rings. The zero-order valence-electron chi connectivity index (χ0n) is 8.44. The van der Waals surface area contributed by atoms with E-state index in [1.54, 1.807) is 23.5 Å². The molecular weight excluding hydrogens is 212 g/mol.